The first-order chi connectivity index (χ1) is 18.0. The minimum atomic E-state index is -0.635. The van der Waals surface area contributed by atoms with Crippen LogP contribution in [0, 0.1) is 13.8 Å². The molecule has 37 heavy (non-hydrogen) atoms. The summed E-state index contributed by atoms with van der Waals surface area (Å²) >= 11 is 0. The molecule has 5 aromatic rings. The Hall–Kier alpha value is -4.98. The third-order valence-corrected chi connectivity index (χ3v) is 5.89. The molecule has 0 spiro atoms. The van der Waals surface area contributed by atoms with Gasteiger partial charge in [-0.25, -0.2) is 14.2 Å². The normalized spacial score (nSPS) is 10.8. The number of anilines is 1. The first-order valence-corrected chi connectivity index (χ1v) is 11.8. The van der Waals surface area contributed by atoms with Gasteiger partial charge in [-0.1, -0.05) is 66.7 Å². The smallest absolute Gasteiger partial charge is 0.342 e. The molecule has 0 fully saturated rings. The topological polar surface area (TPSA) is 91.0 Å². The molecule has 0 saturated heterocycles. The van der Waals surface area contributed by atoms with Crippen molar-refractivity contribution in [3.05, 3.63) is 114 Å². The van der Waals surface area contributed by atoms with Crippen LogP contribution in [0.3, 0.4) is 0 Å². The molecule has 0 aliphatic rings. The molecule has 0 radical (unpaired) electrons. The Bertz CT molecular complexity index is 1540. The molecular weight excluding hydrogens is 466 g/mol. The Morgan fingerprint density at radius 3 is 2.05 bits per heavy atom. The van der Waals surface area contributed by atoms with E-state index in [4.69, 9.17) is 4.74 Å². The number of amides is 1. The average Bonchev–Trinajstić information content (AvgIpc) is 3.51. The summed E-state index contributed by atoms with van der Waals surface area (Å²) in [6, 6.07) is 28.5. The largest absolute Gasteiger partial charge is 0.452 e. The van der Waals surface area contributed by atoms with Crippen LogP contribution in [0.5, 0.6) is 0 Å². The van der Waals surface area contributed by atoms with Crippen LogP contribution >= 0.6 is 0 Å². The number of hydrogen-bond acceptors (Lipinski definition) is 5. The van der Waals surface area contributed by atoms with Gasteiger partial charge in [-0.05, 0) is 38.1 Å². The summed E-state index contributed by atoms with van der Waals surface area (Å²) in [4.78, 5) is 25.8. The van der Waals surface area contributed by atoms with Crippen LogP contribution < -0.4 is 5.32 Å². The lowest BCUT2D eigenvalue weighted by atomic mass is 10.1. The molecule has 1 amide bonds. The van der Waals surface area contributed by atoms with Gasteiger partial charge in [-0.2, -0.15) is 10.2 Å². The van der Waals surface area contributed by atoms with E-state index in [9.17, 15) is 9.59 Å². The number of carbonyl (C=O) groups excluding carboxylic acids is 2. The van der Waals surface area contributed by atoms with Crippen molar-refractivity contribution in [1.82, 2.24) is 19.6 Å². The predicted molar refractivity (Wildman–Crippen MR) is 141 cm³/mol. The van der Waals surface area contributed by atoms with Crippen LogP contribution in [0.1, 0.15) is 21.7 Å². The Kier molecular flexibility index (Phi) is 6.63. The highest BCUT2D eigenvalue weighted by Crippen LogP contribution is 2.25. The predicted octanol–water partition coefficient (Wildman–Crippen LogP) is 5.14. The minimum absolute atomic E-state index is 0.270. The number of nitrogens with one attached hydrogen (secondary N) is 1. The Balaban J connectivity index is 1.33. The van der Waals surface area contributed by atoms with E-state index in [1.54, 1.807) is 15.6 Å². The summed E-state index contributed by atoms with van der Waals surface area (Å²) < 4.78 is 8.81. The molecule has 0 saturated carbocycles. The number of rotatable bonds is 7. The van der Waals surface area contributed by atoms with Crippen molar-refractivity contribution >= 4 is 17.6 Å². The van der Waals surface area contributed by atoms with E-state index in [0.717, 1.165) is 22.6 Å². The molecular formula is C29H25N5O3. The summed E-state index contributed by atoms with van der Waals surface area (Å²) in [6.07, 6.45) is 1.62. The zero-order chi connectivity index (χ0) is 25.8. The molecule has 0 atom stereocenters. The van der Waals surface area contributed by atoms with Gasteiger partial charge in [0.05, 0.1) is 28.5 Å². The van der Waals surface area contributed by atoms with Crippen LogP contribution in [0.15, 0.2) is 97.2 Å². The van der Waals surface area contributed by atoms with Crippen LogP contribution in [0.25, 0.3) is 22.6 Å². The molecule has 0 aliphatic carbocycles. The first kappa shape index (κ1) is 23.7. The van der Waals surface area contributed by atoms with Crippen molar-refractivity contribution in [2.75, 3.05) is 11.9 Å². The molecule has 2 aromatic heterocycles. The van der Waals surface area contributed by atoms with Gasteiger partial charge < -0.3 is 10.1 Å². The Morgan fingerprint density at radius 1 is 0.811 bits per heavy atom. The SMILES string of the molecule is Cc1nn(-c2ccccc2)c(C)c1NC(=O)COC(=O)c1cn(-c2ccccc2)nc1-c1ccccc1. The zero-order valence-electron chi connectivity index (χ0n) is 20.5. The summed E-state index contributed by atoms with van der Waals surface area (Å²) in [5.74, 6) is -1.09. The monoisotopic (exact) mass is 491 g/mol. The highest BCUT2D eigenvalue weighted by Gasteiger charge is 2.22. The second-order valence-electron chi connectivity index (χ2n) is 8.46. The quantitative estimate of drug-likeness (QED) is 0.319. The van der Waals surface area contributed by atoms with Gasteiger partial charge in [0.25, 0.3) is 5.91 Å². The Labute approximate surface area is 214 Å². The summed E-state index contributed by atoms with van der Waals surface area (Å²) in [5.41, 5.74) is 5.24. The van der Waals surface area contributed by atoms with Crippen LogP contribution in [-0.4, -0.2) is 38.0 Å². The molecule has 1 N–H and O–H groups in total. The third-order valence-electron chi connectivity index (χ3n) is 5.89. The number of benzene rings is 3. The van der Waals surface area contributed by atoms with Gasteiger partial charge in [0, 0.05) is 11.8 Å². The van der Waals surface area contributed by atoms with Crippen molar-refractivity contribution in [2.45, 2.75) is 13.8 Å². The number of ether oxygens (including phenoxy) is 1. The van der Waals surface area contributed by atoms with E-state index in [1.165, 1.54) is 0 Å². The third kappa shape index (κ3) is 5.04. The van der Waals surface area contributed by atoms with Crippen LogP contribution in [0.2, 0.25) is 0 Å². The fraction of sp³-hybridized carbons (Fsp3) is 0.103. The maximum absolute atomic E-state index is 13.1. The molecule has 8 nitrogen and oxygen atoms in total. The van der Waals surface area contributed by atoms with Gasteiger partial charge >= 0.3 is 5.97 Å². The number of nitrogens with zero attached hydrogens (tertiary/aromatic N) is 4. The molecule has 0 aliphatic heterocycles. The van der Waals surface area contributed by atoms with E-state index in [1.807, 2.05) is 105 Å². The summed E-state index contributed by atoms with van der Waals surface area (Å²) in [5, 5.41) is 12.0. The van der Waals surface area contributed by atoms with Crippen molar-refractivity contribution in [3.63, 3.8) is 0 Å². The van der Waals surface area contributed by atoms with Crippen molar-refractivity contribution < 1.29 is 14.3 Å². The summed E-state index contributed by atoms with van der Waals surface area (Å²) in [6.45, 7) is 3.25. The summed E-state index contributed by atoms with van der Waals surface area (Å²) in [7, 11) is 0. The molecule has 3 aromatic carbocycles. The standard InChI is InChI=1S/C29H25N5O3/c1-20-27(21(2)34(31-20)24-16-10-5-11-17-24)30-26(35)19-37-29(36)25-18-33(23-14-8-4-9-15-23)32-28(25)22-12-6-3-7-13-22/h3-18H,19H2,1-2H3,(H,30,35). The highest BCUT2D eigenvalue weighted by atomic mass is 16.5. The number of para-hydroxylation sites is 2. The van der Waals surface area contributed by atoms with E-state index in [2.05, 4.69) is 15.5 Å². The zero-order valence-corrected chi connectivity index (χ0v) is 20.5. The number of aryl methyl sites for hydroxylation is 1. The van der Waals surface area contributed by atoms with E-state index < -0.39 is 18.5 Å². The number of hydrogen-bond donors (Lipinski definition) is 1. The van der Waals surface area contributed by atoms with Crippen LogP contribution in [-0.2, 0) is 9.53 Å². The maximum Gasteiger partial charge on any atom is 0.342 e. The average molecular weight is 492 g/mol. The van der Waals surface area contributed by atoms with Gasteiger partial charge in [-0.3, -0.25) is 4.79 Å². The molecule has 0 unspecified atom stereocenters. The highest BCUT2D eigenvalue weighted by molar-refractivity contribution is 5.99. The van der Waals surface area contributed by atoms with Crippen molar-refractivity contribution in [3.8, 4) is 22.6 Å². The number of esters is 1. The molecule has 184 valence electrons. The van der Waals surface area contributed by atoms with E-state index in [-0.39, 0.29) is 5.56 Å². The van der Waals surface area contributed by atoms with Gasteiger partial charge in [0.15, 0.2) is 6.61 Å². The lowest BCUT2D eigenvalue weighted by Gasteiger charge is -2.08. The van der Waals surface area contributed by atoms with E-state index >= 15 is 0 Å². The lowest BCUT2D eigenvalue weighted by molar-refractivity contribution is -0.119. The van der Waals surface area contributed by atoms with E-state index in [0.29, 0.717) is 17.1 Å². The fourth-order valence-electron chi connectivity index (χ4n) is 4.07. The fourth-order valence-corrected chi connectivity index (χ4v) is 4.07. The number of carbonyl (C=O) groups is 2. The van der Waals surface area contributed by atoms with Gasteiger partial charge in [0.1, 0.15) is 11.3 Å². The molecule has 2 heterocycles. The maximum atomic E-state index is 13.1. The number of aromatic nitrogens is 4. The van der Waals surface area contributed by atoms with Crippen molar-refractivity contribution in [2.24, 2.45) is 0 Å². The van der Waals surface area contributed by atoms with Crippen LogP contribution in [0.4, 0.5) is 5.69 Å². The lowest BCUT2D eigenvalue weighted by Crippen LogP contribution is -2.21. The second kappa shape index (κ2) is 10.3. The first-order valence-electron chi connectivity index (χ1n) is 11.8. The van der Waals surface area contributed by atoms with Gasteiger partial charge in [0.2, 0.25) is 0 Å². The molecule has 0 bridgehead atoms. The second-order valence-corrected chi connectivity index (χ2v) is 8.46. The molecule has 5 rings (SSSR count). The van der Waals surface area contributed by atoms with Crippen molar-refractivity contribution in [1.29, 1.82) is 0 Å². The van der Waals surface area contributed by atoms with Gasteiger partial charge in [-0.15, -0.1) is 0 Å². The minimum Gasteiger partial charge on any atom is -0.452 e. The Morgan fingerprint density at radius 2 is 1.41 bits per heavy atom. The molecule has 8 heteroatoms.